The zero-order chi connectivity index (χ0) is 14.7. The van der Waals surface area contributed by atoms with Crippen molar-refractivity contribution in [1.82, 2.24) is 20.2 Å². The van der Waals surface area contributed by atoms with E-state index in [9.17, 15) is 4.39 Å². The number of para-hydroxylation sites is 2. The Morgan fingerprint density at radius 2 is 2.05 bits per heavy atom. The topological polar surface area (TPSA) is 55.6 Å². The molecule has 0 bridgehead atoms. The van der Waals surface area contributed by atoms with Crippen LogP contribution in [-0.4, -0.2) is 20.2 Å². The van der Waals surface area contributed by atoms with Crippen LogP contribution in [0.2, 0.25) is 0 Å². The van der Waals surface area contributed by atoms with Crippen molar-refractivity contribution in [2.45, 2.75) is 6.54 Å². The van der Waals surface area contributed by atoms with E-state index in [2.05, 4.69) is 36.8 Å². The summed E-state index contributed by atoms with van der Waals surface area (Å²) in [4.78, 5) is 0. The Morgan fingerprint density at radius 3 is 2.81 bits per heavy atom. The van der Waals surface area contributed by atoms with Crippen LogP contribution in [0.3, 0.4) is 0 Å². The Morgan fingerprint density at radius 1 is 1.19 bits per heavy atom. The van der Waals surface area contributed by atoms with Gasteiger partial charge in [0.1, 0.15) is 12.1 Å². The molecule has 0 aliphatic carbocycles. The van der Waals surface area contributed by atoms with Crippen LogP contribution in [0.15, 0.2) is 53.3 Å². The minimum atomic E-state index is -0.253. The van der Waals surface area contributed by atoms with Gasteiger partial charge in [0.15, 0.2) is 0 Å². The number of halogens is 2. The maximum Gasteiger partial charge on any atom is 0.143 e. The minimum absolute atomic E-state index is 0.253. The fraction of sp³-hybridized carbons (Fsp3) is 0.0714. The molecule has 1 N–H and O–H groups in total. The maximum atomic E-state index is 13.8. The summed E-state index contributed by atoms with van der Waals surface area (Å²) in [5.74, 6) is -0.253. The maximum absolute atomic E-state index is 13.8. The Balaban J connectivity index is 1.83. The van der Waals surface area contributed by atoms with Gasteiger partial charge >= 0.3 is 0 Å². The Hall–Kier alpha value is -2.28. The SMILES string of the molecule is Fc1cc(Br)ccc1CNc1ccccc1-n1cnnn1. The molecule has 0 saturated heterocycles. The lowest BCUT2D eigenvalue weighted by molar-refractivity contribution is 0.612. The molecule has 0 amide bonds. The molecule has 1 aromatic heterocycles. The highest BCUT2D eigenvalue weighted by atomic mass is 79.9. The normalized spacial score (nSPS) is 10.6. The molecule has 1 heterocycles. The summed E-state index contributed by atoms with van der Waals surface area (Å²) in [5.41, 5.74) is 2.22. The first kappa shape index (κ1) is 13.7. The second-order valence-electron chi connectivity index (χ2n) is 4.36. The first-order valence-electron chi connectivity index (χ1n) is 6.24. The molecule has 0 saturated carbocycles. The number of anilines is 1. The van der Waals surface area contributed by atoms with E-state index < -0.39 is 0 Å². The van der Waals surface area contributed by atoms with Gasteiger partial charge in [0.2, 0.25) is 0 Å². The van der Waals surface area contributed by atoms with Crippen LogP contribution in [0.1, 0.15) is 5.56 Å². The fourth-order valence-electron chi connectivity index (χ4n) is 1.95. The molecule has 106 valence electrons. The number of nitrogens with zero attached hydrogens (tertiary/aromatic N) is 4. The fourth-order valence-corrected chi connectivity index (χ4v) is 2.28. The van der Waals surface area contributed by atoms with E-state index in [1.165, 1.54) is 12.4 Å². The van der Waals surface area contributed by atoms with Gasteiger partial charge in [-0.15, -0.1) is 5.10 Å². The van der Waals surface area contributed by atoms with E-state index in [1.54, 1.807) is 10.7 Å². The number of aromatic nitrogens is 4. The van der Waals surface area contributed by atoms with Crippen molar-refractivity contribution in [3.05, 3.63) is 64.6 Å². The molecule has 0 unspecified atom stereocenters. The van der Waals surface area contributed by atoms with E-state index in [0.29, 0.717) is 12.1 Å². The van der Waals surface area contributed by atoms with Crippen molar-refractivity contribution in [2.24, 2.45) is 0 Å². The lowest BCUT2D eigenvalue weighted by Gasteiger charge is -2.11. The number of hydrogen-bond donors (Lipinski definition) is 1. The zero-order valence-electron chi connectivity index (χ0n) is 10.9. The molecule has 3 aromatic rings. The van der Waals surface area contributed by atoms with E-state index in [0.717, 1.165) is 15.8 Å². The molecule has 7 heteroatoms. The lowest BCUT2D eigenvalue weighted by atomic mass is 10.2. The van der Waals surface area contributed by atoms with Crippen molar-refractivity contribution in [2.75, 3.05) is 5.32 Å². The monoisotopic (exact) mass is 347 g/mol. The zero-order valence-corrected chi connectivity index (χ0v) is 12.5. The van der Waals surface area contributed by atoms with Gasteiger partial charge in [-0.1, -0.05) is 34.1 Å². The van der Waals surface area contributed by atoms with Gasteiger partial charge in [-0.2, -0.15) is 4.68 Å². The average molecular weight is 348 g/mol. The molecule has 0 spiro atoms. The quantitative estimate of drug-likeness (QED) is 0.787. The molecule has 3 rings (SSSR count). The molecular formula is C14H11BrFN5. The van der Waals surface area contributed by atoms with E-state index in [1.807, 2.05) is 30.3 Å². The molecule has 0 radical (unpaired) electrons. The van der Waals surface area contributed by atoms with E-state index in [4.69, 9.17) is 0 Å². The molecule has 5 nitrogen and oxygen atoms in total. The first-order chi connectivity index (χ1) is 10.2. The van der Waals surface area contributed by atoms with Crippen LogP contribution in [0, 0.1) is 5.82 Å². The third-order valence-corrected chi connectivity index (χ3v) is 3.48. The Kier molecular flexibility index (Phi) is 3.92. The van der Waals surface area contributed by atoms with Gasteiger partial charge in [-0.25, -0.2) is 4.39 Å². The number of benzene rings is 2. The van der Waals surface area contributed by atoms with E-state index in [-0.39, 0.29) is 5.82 Å². The second kappa shape index (κ2) is 6.01. The highest BCUT2D eigenvalue weighted by Crippen LogP contribution is 2.21. The number of hydrogen-bond acceptors (Lipinski definition) is 4. The molecule has 0 aliphatic rings. The van der Waals surface area contributed by atoms with Gasteiger partial charge < -0.3 is 5.32 Å². The molecule has 2 aromatic carbocycles. The predicted octanol–water partition coefficient (Wildman–Crippen LogP) is 3.18. The molecular weight excluding hydrogens is 337 g/mol. The van der Waals surface area contributed by atoms with Crippen molar-refractivity contribution in [3.63, 3.8) is 0 Å². The van der Waals surface area contributed by atoms with Crippen LogP contribution < -0.4 is 5.32 Å². The first-order valence-corrected chi connectivity index (χ1v) is 7.03. The Bertz CT molecular complexity index is 745. The van der Waals surface area contributed by atoms with Crippen LogP contribution >= 0.6 is 15.9 Å². The van der Waals surface area contributed by atoms with Crippen LogP contribution in [0.5, 0.6) is 0 Å². The number of tetrazole rings is 1. The predicted molar refractivity (Wildman–Crippen MR) is 80.6 cm³/mol. The lowest BCUT2D eigenvalue weighted by Crippen LogP contribution is -2.06. The van der Waals surface area contributed by atoms with Crippen molar-refractivity contribution >= 4 is 21.6 Å². The molecule has 21 heavy (non-hydrogen) atoms. The summed E-state index contributed by atoms with van der Waals surface area (Å²) < 4.78 is 16.1. The van der Waals surface area contributed by atoms with Gasteiger partial charge in [0.25, 0.3) is 0 Å². The smallest absolute Gasteiger partial charge is 0.143 e. The highest BCUT2D eigenvalue weighted by Gasteiger charge is 2.07. The van der Waals surface area contributed by atoms with Gasteiger partial charge in [0, 0.05) is 16.6 Å². The summed E-state index contributed by atoms with van der Waals surface area (Å²) in [6.07, 6.45) is 1.51. The average Bonchev–Trinajstić information content (AvgIpc) is 3.01. The van der Waals surface area contributed by atoms with Gasteiger partial charge in [-0.3, -0.25) is 0 Å². The molecule has 0 fully saturated rings. The van der Waals surface area contributed by atoms with Crippen molar-refractivity contribution in [3.8, 4) is 5.69 Å². The molecule has 0 aliphatic heterocycles. The number of nitrogens with one attached hydrogen (secondary N) is 1. The second-order valence-corrected chi connectivity index (χ2v) is 5.28. The van der Waals surface area contributed by atoms with Crippen molar-refractivity contribution in [1.29, 1.82) is 0 Å². The van der Waals surface area contributed by atoms with Crippen LogP contribution in [0.25, 0.3) is 5.69 Å². The Labute approximate surface area is 128 Å². The minimum Gasteiger partial charge on any atom is -0.379 e. The van der Waals surface area contributed by atoms with Crippen molar-refractivity contribution < 1.29 is 4.39 Å². The third kappa shape index (κ3) is 3.08. The summed E-state index contributed by atoms with van der Waals surface area (Å²) in [6.45, 7) is 0.373. The third-order valence-electron chi connectivity index (χ3n) is 2.98. The summed E-state index contributed by atoms with van der Waals surface area (Å²) in [5, 5.41) is 14.3. The van der Waals surface area contributed by atoms with Crippen LogP contribution in [-0.2, 0) is 6.54 Å². The van der Waals surface area contributed by atoms with Gasteiger partial charge in [0.05, 0.1) is 11.4 Å². The number of rotatable bonds is 4. The van der Waals surface area contributed by atoms with Crippen LogP contribution in [0.4, 0.5) is 10.1 Å². The largest absolute Gasteiger partial charge is 0.379 e. The highest BCUT2D eigenvalue weighted by molar-refractivity contribution is 9.10. The summed E-state index contributed by atoms with van der Waals surface area (Å²) in [7, 11) is 0. The molecule has 0 atom stereocenters. The summed E-state index contributed by atoms with van der Waals surface area (Å²) in [6, 6.07) is 12.6. The standard InChI is InChI=1S/C14H11BrFN5/c15-11-6-5-10(12(16)7-11)8-17-13-3-1-2-4-14(13)21-9-18-19-20-21/h1-7,9,17H,8H2. The van der Waals surface area contributed by atoms with E-state index >= 15 is 0 Å². The van der Waals surface area contributed by atoms with Gasteiger partial charge in [-0.05, 0) is 34.7 Å². The summed E-state index contributed by atoms with van der Waals surface area (Å²) >= 11 is 3.24.